The molecule has 0 spiro atoms. The molecular formula is C22H23N3O3. The summed E-state index contributed by atoms with van der Waals surface area (Å²) >= 11 is 0. The topological polar surface area (TPSA) is 68.5 Å². The molecule has 6 nitrogen and oxygen atoms in total. The van der Waals surface area contributed by atoms with Crippen LogP contribution in [0.25, 0.3) is 22.8 Å². The van der Waals surface area contributed by atoms with Crippen LogP contribution in [0.1, 0.15) is 25.7 Å². The number of carbonyl (C=O) groups excluding carboxylic acids is 1. The van der Waals surface area contributed by atoms with Crippen molar-refractivity contribution in [2.24, 2.45) is 0 Å². The van der Waals surface area contributed by atoms with Crippen molar-refractivity contribution < 1.29 is 14.1 Å². The quantitative estimate of drug-likeness (QED) is 0.667. The summed E-state index contributed by atoms with van der Waals surface area (Å²) in [5.74, 6) is 1.49. The first-order valence-electron chi connectivity index (χ1n) is 9.70. The van der Waals surface area contributed by atoms with Crippen molar-refractivity contribution in [1.29, 1.82) is 0 Å². The van der Waals surface area contributed by atoms with Gasteiger partial charge in [-0.2, -0.15) is 4.98 Å². The summed E-state index contributed by atoms with van der Waals surface area (Å²) < 4.78 is 11.3. The standard InChI is InChI=1S/C22H23N3O3/c26-20(25-14-8-1-2-9-15-25)16-27-19-13-7-6-12-18(19)21-23-22(28-24-21)17-10-4-3-5-11-17/h3-7,10-13H,1-2,8-9,14-16H2. The van der Waals surface area contributed by atoms with Crippen LogP contribution in [0.2, 0.25) is 0 Å². The molecule has 0 aliphatic carbocycles. The van der Waals surface area contributed by atoms with Gasteiger partial charge in [0, 0.05) is 18.7 Å². The van der Waals surface area contributed by atoms with Crippen LogP contribution in [-0.2, 0) is 4.79 Å². The lowest BCUT2D eigenvalue weighted by molar-refractivity contribution is -0.133. The largest absolute Gasteiger partial charge is 0.483 e. The average molecular weight is 377 g/mol. The molecule has 3 aromatic rings. The number of carbonyl (C=O) groups is 1. The minimum atomic E-state index is 0.0143. The minimum Gasteiger partial charge on any atom is -0.483 e. The van der Waals surface area contributed by atoms with E-state index in [1.54, 1.807) is 0 Å². The van der Waals surface area contributed by atoms with E-state index in [1.165, 1.54) is 12.8 Å². The predicted octanol–water partition coefficient (Wildman–Crippen LogP) is 4.19. The Balaban J connectivity index is 1.48. The molecule has 1 aromatic heterocycles. The monoisotopic (exact) mass is 377 g/mol. The molecule has 4 rings (SSSR count). The van der Waals surface area contributed by atoms with Crippen molar-refractivity contribution in [2.45, 2.75) is 25.7 Å². The van der Waals surface area contributed by atoms with Crippen molar-refractivity contribution in [3.8, 4) is 28.6 Å². The van der Waals surface area contributed by atoms with Gasteiger partial charge in [-0.25, -0.2) is 0 Å². The van der Waals surface area contributed by atoms with E-state index in [1.807, 2.05) is 59.5 Å². The fraction of sp³-hybridized carbons (Fsp3) is 0.318. The van der Waals surface area contributed by atoms with Gasteiger partial charge in [0.15, 0.2) is 6.61 Å². The summed E-state index contributed by atoms with van der Waals surface area (Å²) in [4.78, 5) is 18.9. The van der Waals surface area contributed by atoms with Gasteiger partial charge in [0.2, 0.25) is 5.82 Å². The van der Waals surface area contributed by atoms with Gasteiger partial charge in [-0.05, 0) is 37.1 Å². The Labute approximate surface area is 164 Å². The Morgan fingerprint density at radius 1 is 0.964 bits per heavy atom. The molecule has 1 aliphatic heterocycles. The zero-order valence-electron chi connectivity index (χ0n) is 15.7. The summed E-state index contributed by atoms with van der Waals surface area (Å²) in [5.41, 5.74) is 1.56. The van der Waals surface area contributed by atoms with Gasteiger partial charge in [0.1, 0.15) is 5.75 Å². The maximum atomic E-state index is 12.5. The number of rotatable bonds is 5. The summed E-state index contributed by atoms with van der Waals surface area (Å²) in [6.45, 7) is 1.64. The fourth-order valence-electron chi connectivity index (χ4n) is 3.36. The van der Waals surface area contributed by atoms with Gasteiger partial charge in [0.05, 0.1) is 5.56 Å². The maximum absolute atomic E-state index is 12.5. The minimum absolute atomic E-state index is 0.0143. The summed E-state index contributed by atoms with van der Waals surface area (Å²) in [6, 6.07) is 17.1. The molecule has 1 fully saturated rings. The van der Waals surface area contributed by atoms with Crippen LogP contribution in [-0.4, -0.2) is 40.6 Å². The van der Waals surface area contributed by atoms with Gasteiger partial charge in [-0.15, -0.1) is 0 Å². The van der Waals surface area contributed by atoms with E-state index in [0.717, 1.165) is 31.5 Å². The Morgan fingerprint density at radius 3 is 2.46 bits per heavy atom. The summed E-state index contributed by atoms with van der Waals surface area (Å²) in [6.07, 6.45) is 4.50. The first-order valence-corrected chi connectivity index (χ1v) is 9.70. The zero-order valence-corrected chi connectivity index (χ0v) is 15.7. The van der Waals surface area contributed by atoms with Gasteiger partial charge in [0.25, 0.3) is 11.8 Å². The number of ether oxygens (including phenoxy) is 1. The van der Waals surface area contributed by atoms with Crippen LogP contribution >= 0.6 is 0 Å². The Hall–Kier alpha value is -3.15. The lowest BCUT2D eigenvalue weighted by atomic mass is 10.2. The van der Waals surface area contributed by atoms with Crippen LogP contribution in [0.5, 0.6) is 5.75 Å². The first-order chi connectivity index (χ1) is 13.8. The fourth-order valence-corrected chi connectivity index (χ4v) is 3.36. The molecule has 1 saturated heterocycles. The highest BCUT2D eigenvalue weighted by Gasteiger charge is 2.18. The Bertz CT molecular complexity index is 916. The number of nitrogens with zero attached hydrogens (tertiary/aromatic N) is 3. The predicted molar refractivity (Wildman–Crippen MR) is 106 cm³/mol. The van der Waals surface area contributed by atoms with Crippen LogP contribution in [0.15, 0.2) is 59.1 Å². The third kappa shape index (κ3) is 4.22. The molecule has 0 bridgehead atoms. The second kappa shape index (κ2) is 8.69. The third-order valence-corrected chi connectivity index (χ3v) is 4.88. The molecule has 0 unspecified atom stereocenters. The van der Waals surface area contributed by atoms with E-state index in [9.17, 15) is 4.79 Å². The van der Waals surface area contributed by atoms with E-state index < -0.39 is 0 Å². The molecule has 2 heterocycles. The number of likely N-dealkylation sites (tertiary alicyclic amines) is 1. The first kappa shape index (κ1) is 18.2. The van der Waals surface area contributed by atoms with Gasteiger partial charge in [-0.1, -0.05) is 48.3 Å². The van der Waals surface area contributed by atoms with E-state index in [-0.39, 0.29) is 12.5 Å². The van der Waals surface area contributed by atoms with Crippen molar-refractivity contribution in [2.75, 3.05) is 19.7 Å². The van der Waals surface area contributed by atoms with Gasteiger partial charge in [-0.3, -0.25) is 4.79 Å². The second-order valence-electron chi connectivity index (χ2n) is 6.87. The van der Waals surface area contributed by atoms with Crippen molar-refractivity contribution in [1.82, 2.24) is 15.0 Å². The molecule has 1 amide bonds. The van der Waals surface area contributed by atoms with Crippen LogP contribution in [0, 0.1) is 0 Å². The highest BCUT2D eigenvalue weighted by Crippen LogP contribution is 2.29. The zero-order chi connectivity index (χ0) is 19.2. The van der Waals surface area contributed by atoms with E-state index in [0.29, 0.717) is 23.0 Å². The SMILES string of the molecule is O=C(COc1ccccc1-c1noc(-c2ccccc2)n1)N1CCCCCC1. The van der Waals surface area contributed by atoms with E-state index in [2.05, 4.69) is 10.1 Å². The number of benzene rings is 2. The van der Waals surface area contributed by atoms with E-state index in [4.69, 9.17) is 9.26 Å². The van der Waals surface area contributed by atoms with Crippen LogP contribution in [0.3, 0.4) is 0 Å². The molecular weight excluding hydrogens is 354 g/mol. The normalized spacial score (nSPS) is 14.5. The maximum Gasteiger partial charge on any atom is 0.260 e. The summed E-state index contributed by atoms with van der Waals surface area (Å²) in [7, 11) is 0. The highest BCUT2D eigenvalue weighted by atomic mass is 16.5. The molecule has 0 radical (unpaired) electrons. The molecule has 1 aliphatic rings. The number of hydrogen-bond acceptors (Lipinski definition) is 5. The number of aromatic nitrogens is 2. The molecule has 0 saturated carbocycles. The summed E-state index contributed by atoms with van der Waals surface area (Å²) in [5, 5.41) is 4.09. The molecule has 0 atom stereocenters. The lowest BCUT2D eigenvalue weighted by Gasteiger charge is -2.20. The van der Waals surface area contributed by atoms with Crippen molar-refractivity contribution >= 4 is 5.91 Å². The van der Waals surface area contributed by atoms with Crippen molar-refractivity contribution in [3.05, 3.63) is 54.6 Å². The number of para-hydroxylation sites is 1. The highest BCUT2D eigenvalue weighted by molar-refractivity contribution is 5.78. The van der Waals surface area contributed by atoms with Gasteiger partial charge >= 0.3 is 0 Å². The Morgan fingerprint density at radius 2 is 1.68 bits per heavy atom. The molecule has 144 valence electrons. The van der Waals surface area contributed by atoms with E-state index >= 15 is 0 Å². The van der Waals surface area contributed by atoms with Crippen molar-refractivity contribution in [3.63, 3.8) is 0 Å². The average Bonchev–Trinajstić information content (AvgIpc) is 3.08. The van der Waals surface area contributed by atoms with Crippen LogP contribution in [0.4, 0.5) is 0 Å². The molecule has 28 heavy (non-hydrogen) atoms. The molecule has 0 N–H and O–H groups in total. The number of hydrogen-bond donors (Lipinski definition) is 0. The second-order valence-corrected chi connectivity index (χ2v) is 6.87. The number of amides is 1. The Kier molecular flexibility index (Phi) is 5.66. The van der Waals surface area contributed by atoms with Crippen LogP contribution < -0.4 is 4.74 Å². The van der Waals surface area contributed by atoms with Gasteiger partial charge < -0.3 is 14.2 Å². The third-order valence-electron chi connectivity index (χ3n) is 4.88. The molecule has 2 aromatic carbocycles. The molecule has 6 heteroatoms. The lowest BCUT2D eigenvalue weighted by Crippen LogP contribution is -2.35. The smallest absolute Gasteiger partial charge is 0.260 e.